The van der Waals surface area contributed by atoms with Gasteiger partial charge in [0.25, 0.3) is 11.5 Å². The van der Waals surface area contributed by atoms with E-state index in [0.29, 0.717) is 11.8 Å². The van der Waals surface area contributed by atoms with Crippen molar-refractivity contribution in [2.24, 2.45) is 5.73 Å². The third kappa shape index (κ3) is 5.80. The minimum Gasteiger partial charge on any atom is -0.394 e. The number of primary amides is 1. The second kappa shape index (κ2) is 11.7. The number of aliphatic hydroxyl groups is 5. The van der Waals surface area contributed by atoms with E-state index < -0.39 is 66.7 Å². The number of amides is 1. The van der Waals surface area contributed by atoms with Crippen molar-refractivity contribution in [1.29, 1.82) is 5.26 Å². The number of carbonyl (C=O) groups excluding carboxylic acids is 1. The van der Waals surface area contributed by atoms with Gasteiger partial charge in [0.1, 0.15) is 47.3 Å². The van der Waals surface area contributed by atoms with E-state index in [9.17, 15) is 29.7 Å². The lowest BCUT2D eigenvalue weighted by Crippen LogP contribution is -2.33. The molecular weight excluding hydrogens is 506 g/mol. The molecule has 0 bridgehead atoms. The number of thiocyanates is 1. The number of nitrogens with zero attached hydrogens (tertiary/aromatic N) is 5. The first kappa shape index (κ1) is 27.4. The Morgan fingerprint density at radius 2 is 1.92 bits per heavy atom. The zero-order valence-corrected chi connectivity index (χ0v) is 19.1. The highest BCUT2D eigenvalue weighted by atomic mass is 32.2. The molecule has 2 aromatic heterocycles. The highest BCUT2D eigenvalue weighted by molar-refractivity contribution is 8.03. The quantitative estimate of drug-likeness (QED) is 0.138. The van der Waals surface area contributed by atoms with Gasteiger partial charge in [-0.2, -0.15) is 5.26 Å². The molecular formula is C18H23N7O10S. The molecule has 2 aliphatic heterocycles. The van der Waals surface area contributed by atoms with Crippen LogP contribution in [0.15, 0.2) is 27.0 Å². The largest absolute Gasteiger partial charge is 0.394 e. The number of nitrogens with one attached hydrogen (secondary N) is 1. The van der Waals surface area contributed by atoms with Crippen LogP contribution in [0.2, 0.25) is 0 Å². The Balaban J connectivity index is 0.000000202. The molecule has 0 aromatic carbocycles. The predicted molar refractivity (Wildman–Crippen MR) is 116 cm³/mol. The summed E-state index contributed by atoms with van der Waals surface area (Å²) < 4.78 is 12.7. The summed E-state index contributed by atoms with van der Waals surface area (Å²) in [6.07, 6.45) is -4.37. The summed E-state index contributed by atoms with van der Waals surface area (Å²) in [5.74, 6) is -1.03. The predicted octanol–water partition coefficient (Wildman–Crippen LogP) is -4.26. The van der Waals surface area contributed by atoms with Gasteiger partial charge in [-0.05, 0) is 11.8 Å². The summed E-state index contributed by atoms with van der Waals surface area (Å²) >= 11 is 0.626. The monoisotopic (exact) mass is 529 g/mol. The molecule has 0 saturated carbocycles. The molecule has 4 rings (SSSR count). The lowest BCUT2D eigenvalue weighted by Gasteiger charge is -2.14. The van der Waals surface area contributed by atoms with E-state index >= 15 is 0 Å². The van der Waals surface area contributed by atoms with Crippen LogP contribution in [0, 0.1) is 10.7 Å². The van der Waals surface area contributed by atoms with Crippen LogP contribution in [0.3, 0.4) is 0 Å². The third-order valence-corrected chi connectivity index (χ3v) is 5.89. The van der Waals surface area contributed by atoms with E-state index in [-0.39, 0.29) is 23.7 Å². The van der Waals surface area contributed by atoms with Gasteiger partial charge in [-0.25, -0.2) is 14.5 Å². The average Bonchev–Trinajstić information content (AvgIpc) is 3.54. The number of carbonyl (C=O) groups is 1. The van der Waals surface area contributed by atoms with Crippen LogP contribution >= 0.6 is 11.8 Å². The first-order valence-corrected chi connectivity index (χ1v) is 11.1. The van der Waals surface area contributed by atoms with Gasteiger partial charge >= 0.3 is 5.69 Å². The van der Waals surface area contributed by atoms with Crippen molar-refractivity contribution in [1.82, 2.24) is 24.3 Å². The molecule has 2 fully saturated rings. The van der Waals surface area contributed by atoms with E-state index in [2.05, 4.69) is 15.1 Å². The molecule has 0 aliphatic carbocycles. The molecule has 2 saturated heterocycles. The Labute approximate surface area is 205 Å². The molecule has 17 nitrogen and oxygen atoms in total. The van der Waals surface area contributed by atoms with Crippen molar-refractivity contribution in [2.45, 2.75) is 54.3 Å². The van der Waals surface area contributed by atoms with Crippen LogP contribution in [-0.4, -0.2) is 99.5 Å². The fraction of sp³-hybridized carbons (Fsp3) is 0.556. The molecule has 4 heterocycles. The minimum atomic E-state index is -1.27. The van der Waals surface area contributed by atoms with Gasteiger partial charge in [-0.3, -0.25) is 19.1 Å². The summed E-state index contributed by atoms with van der Waals surface area (Å²) in [4.78, 5) is 39.6. The Morgan fingerprint density at radius 1 is 1.22 bits per heavy atom. The molecule has 0 radical (unpaired) electrons. The number of H-pyrrole nitrogens is 1. The maximum absolute atomic E-state index is 11.7. The summed E-state index contributed by atoms with van der Waals surface area (Å²) in [5, 5.41) is 60.7. The van der Waals surface area contributed by atoms with Crippen molar-refractivity contribution >= 4 is 17.7 Å². The highest BCUT2D eigenvalue weighted by Gasteiger charge is 2.44. The van der Waals surface area contributed by atoms with E-state index in [4.69, 9.17) is 30.7 Å². The lowest BCUT2D eigenvalue weighted by molar-refractivity contribution is -0.0588. The van der Waals surface area contributed by atoms with E-state index in [1.54, 1.807) is 5.40 Å². The second-order valence-electron chi connectivity index (χ2n) is 7.61. The molecule has 2 aliphatic rings. The van der Waals surface area contributed by atoms with E-state index in [1.807, 2.05) is 0 Å². The van der Waals surface area contributed by atoms with Crippen molar-refractivity contribution in [3.8, 4) is 5.40 Å². The first-order valence-electron chi connectivity index (χ1n) is 10.3. The average molecular weight is 529 g/mol. The number of aromatic amines is 1. The van der Waals surface area contributed by atoms with Gasteiger partial charge in [0.2, 0.25) is 5.82 Å². The number of ether oxygens (including phenoxy) is 2. The maximum Gasteiger partial charge on any atom is 0.330 e. The lowest BCUT2D eigenvalue weighted by atomic mass is 10.1. The Kier molecular flexibility index (Phi) is 8.93. The van der Waals surface area contributed by atoms with Crippen LogP contribution in [0.25, 0.3) is 0 Å². The molecule has 1 amide bonds. The van der Waals surface area contributed by atoms with Crippen molar-refractivity contribution in [2.75, 3.05) is 13.2 Å². The molecule has 8 N–H and O–H groups in total. The van der Waals surface area contributed by atoms with Gasteiger partial charge in [-0.1, -0.05) is 0 Å². The minimum absolute atomic E-state index is 0.0626. The summed E-state index contributed by atoms with van der Waals surface area (Å²) in [7, 11) is 0. The smallest absolute Gasteiger partial charge is 0.330 e. The molecule has 36 heavy (non-hydrogen) atoms. The standard InChI is InChI=1S/C10H11N3O5S.C8H12N4O5/c11-4-19-7-2-13(10(17)12-9(7)16)8-1-5(15)6(3-14)18-8;9-6(16)7-10-2-12(11-7)8-5(15)4(14)3(1-13)17-8/h2,5-6,8,14-15H,1,3H2,(H,12,16,17);2-5,8,13-15H,1H2,(H2,9,16)/t5-,6+,8+;3-,4-,5-,8-/m01/s1. The normalized spacial score (nSPS) is 29.4. The Hall–Kier alpha value is -3.15. The number of hydrogen-bond acceptors (Lipinski definition) is 14. The zero-order valence-electron chi connectivity index (χ0n) is 18.3. The summed E-state index contributed by atoms with van der Waals surface area (Å²) in [6.45, 7) is -0.804. The number of thioether (sulfide) groups is 1. The number of aromatic nitrogens is 5. The van der Waals surface area contributed by atoms with Crippen LogP contribution in [0.4, 0.5) is 0 Å². The van der Waals surface area contributed by atoms with Crippen LogP contribution in [0.1, 0.15) is 29.5 Å². The van der Waals surface area contributed by atoms with Crippen LogP contribution < -0.4 is 17.0 Å². The molecule has 7 atom stereocenters. The fourth-order valence-corrected chi connectivity index (χ4v) is 3.87. The van der Waals surface area contributed by atoms with Crippen molar-refractivity contribution < 1.29 is 39.8 Å². The summed E-state index contributed by atoms with van der Waals surface area (Å²) in [5.41, 5.74) is 3.63. The number of hydrogen-bond donors (Lipinski definition) is 7. The summed E-state index contributed by atoms with van der Waals surface area (Å²) in [6, 6.07) is 0. The Bertz CT molecular complexity index is 1230. The van der Waals surface area contributed by atoms with Gasteiger partial charge in [0.05, 0.1) is 19.3 Å². The van der Waals surface area contributed by atoms with Crippen LogP contribution in [0.5, 0.6) is 0 Å². The zero-order chi connectivity index (χ0) is 26.6. The molecule has 18 heteroatoms. The van der Waals surface area contributed by atoms with Crippen molar-refractivity contribution in [3.63, 3.8) is 0 Å². The van der Waals surface area contributed by atoms with E-state index in [0.717, 1.165) is 15.6 Å². The van der Waals surface area contributed by atoms with E-state index in [1.165, 1.54) is 6.20 Å². The second-order valence-corrected chi connectivity index (χ2v) is 8.44. The molecule has 2 aromatic rings. The van der Waals surface area contributed by atoms with Crippen LogP contribution in [-0.2, 0) is 9.47 Å². The molecule has 0 unspecified atom stereocenters. The third-order valence-electron chi connectivity index (χ3n) is 5.29. The number of nitrogens with two attached hydrogens (primary N) is 1. The number of aliphatic hydroxyl groups excluding tert-OH is 5. The fourth-order valence-electron chi connectivity index (χ4n) is 3.46. The number of nitriles is 1. The maximum atomic E-state index is 11.7. The highest BCUT2D eigenvalue weighted by Crippen LogP contribution is 2.29. The number of rotatable bonds is 6. The topological polar surface area (TPSA) is 272 Å². The van der Waals surface area contributed by atoms with Gasteiger partial charge in [0, 0.05) is 12.6 Å². The van der Waals surface area contributed by atoms with Gasteiger partial charge in [-0.15, -0.1) is 5.10 Å². The van der Waals surface area contributed by atoms with Gasteiger partial charge < -0.3 is 40.7 Å². The molecule has 0 spiro atoms. The van der Waals surface area contributed by atoms with Gasteiger partial charge in [0.15, 0.2) is 6.23 Å². The SMILES string of the molecule is N#CSc1cn([C@H]2C[C@H](O)[C@@H](CO)O2)c(=O)[nH]c1=O.NC(=O)c1ncn([C@@H]2O[C@H](CO)[C@@H](O)[C@H]2O)n1. The molecule has 196 valence electrons. The van der Waals surface area contributed by atoms with Crippen molar-refractivity contribution in [3.05, 3.63) is 39.2 Å². The Morgan fingerprint density at radius 3 is 2.44 bits per heavy atom. The first-order chi connectivity index (χ1) is 17.1.